The zero-order valence-electron chi connectivity index (χ0n) is 19.7. The van der Waals surface area contributed by atoms with E-state index in [1.165, 1.54) is 11.6 Å². The van der Waals surface area contributed by atoms with Gasteiger partial charge in [0.15, 0.2) is 0 Å². The lowest BCUT2D eigenvalue weighted by atomic mass is 9.95. The molecule has 5 nitrogen and oxygen atoms in total. The number of hydrogen-bond acceptors (Lipinski definition) is 4. The van der Waals surface area contributed by atoms with Gasteiger partial charge in [-0.3, -0.25) is 4.79 Å². The number of aliphatic hydroxyl groups excluding tert-OH is 1. The third kappa shape index (κ3) is 7.86. The lowest BCUT2D eigenvalue weighted by molar-refractivity contribution is -0.127. The number of aryl methyl sites for hydroxylation is 1. The van der Waals surface area contributed by atoms with Gasteiger partial charge in [-0.25, -0.2) is 4.79 Å². The van der Waals surface area contributed by atoms with Gasteiger partial charge in [0, 0.05) is 6.42 Å². The Balaban J connectivity index is 1.42. The molecule has 34 heavy (non-hydrogen) atoms. The largest absolute Gasteiger partial charge is 0.477 e. The summed E-state index contributed by atoms with van der Waals surface area (Å²) in [4.78, 5) is 25.9. The molecule has 2 aromatic rings. The Morgan fingerprint density at radius 3 is 2.74 bits per heavy atom. The van der Waals surface area contributed by atoms with Crippen molar-refractivity contribution in [2.75, 3.05) is 6.54 Å². The van der Waals surface area contributed by atoms with E-state index in [-0.39, 0.29) is 22.7 Å². The number of aromatic carboxylic acids is 1. The Labute approximate surface area is 206 Å². The summed E-state index contributed by atoms with van der Waals surface area (Å²) >= 11 is 1.13. The van der Waals surface area contributed by atoms with E-state index in [1.807, 2.05) is 18.2 Å². The maximum absolute atomic E-state index is 12.3. The first kappa shape index (κ1) is 25.7. The number of nitrogens with zero attached hydrogens (tertiary/aromatic N) is 1. The Morgan fingerprint density at radius 1 is 1.21 bits per heavy atom. The van der Waals surface area contributed by atoms with Crippen LogP contribution in [0, 0.1) is 17.8 Å². The average molecular weight is 480 g/mol. The van der Waals surface area contributed by atoms with Crippen molar-refractivity contribution in [1.29, 1.82) is 0 Å². The molecule has 0 bridgehead atoms. The van der Waals surface area contributed by atoms with Crippen molar-refractivity contribution in [2.45, 2.75) is 64.0 Å². The highest BCUT2D eigenvalue weighted by molar-refractivity contribution is 7.14. The zero-order chi connectivity index (χ0) is 24.3. The number of likely N-dealkylation sites (tertiary alicyclic amines) is 1. The number of carbonyl (C=O) groups is 2. The molecule has 3 atom stereocenters. The van der Waals surface area contributed by atoms with Gasteiger partial charge in [0.2, 0.25) is 5.91 Å². The van der Waals surface area contributed by atoms with Gasteiger partial charge in [0.25, 0.3) is 0 Å². The fraction of sp³-hybridized carbons (Fsp3) is 0.429. The molecule has 0 unspecified atom stereocenters. The number of carboxylic acids is 1. The predicted molar refractivity (Wildman–Crippen MR) is 136 cm³/mol. The van der Waals surface area contributed by atoms with Crippen LogP contribution in [0.2, 0.25) is 0 Å². The summed E-state index contributed by atoms with van der Waals surface area (Å²) in [7, 11) is 0. The smallest absolute Gasteiger partial charge is 0.345 e. The first-order chi connectivity index (χ1) is 16.4. The van der Waals surface area contributed by atoms with E-state index >= 15 is 0 Å². The average Bonchev–Trinajstić information content (AvgIpc) is 3.45. The molecule has 1 aromatic heterocycles. The molecular formula is C28H33NO4S. The van der Waals surface area contributed by atoms with Crippen LogP contribution in [0.4, 0.5) is 0 Å². The third-order valence-corrected chi connectivity index (χ3v) is 7.22. The van der Waals surface area contributed by atoms with Gasteiger partial charge < -0.3 is 15.1 Å². The molecule has 6 heteroatoms. The van der Waals surface area contributed by atoms with Crippen molar-refractivity contribution < 1.29 is 19.8 Å². The Bertz CT molecular complexity index is 1030. The van der Waals surface area contributed by atoms with Crippen LogP contribution < -0.4 is 0 Å². The molecule has 3 rings (SSSR count). The molecule has 2 heterocycles. The molecule has 0 radical (unpaired) electrons. The lowest BCUT2D eigenvalue weighted by Gasteiger charge is -2.21. The number of thiophene rings is 1. The molecule has 1 aliphatic heterocycles. The van der Waals surface area contributed by atoms with Gasteiger partial charge in [-0.2, -0.15) is 0 Å². The van der Waals surface area contributed by atoms with Crippen molar-refractivity contribution in [1.82, 2.24) is 4.90 Å². The van der Waals surface area contributed by atoms with Crippen molar-refractivity contribution in [3.8, 4) is 11.8 Å². The van der Waals surface area contributed by atoms with Crippen LogP contribution in [0.1, 0.15) is 65.6 Å². The summed E-state index contributed by atoms with van der Waals surface area (Å²) in [5.74, 6) is 5.21. The molecule has 180 valence electrons. The SMILES string of the molecule is C[C@@H](CCCCCc1ccccc1)[C@@H](O)C=C[C@H]1CCC(=O)N1CC#Cc1ccc(C(=O)O)s1. The topological polar surface area (TPSA) is 77.8 Å². The molecule has 2 N–H and O–H groups in total. The van der Waals surface area contributed by atoms with Gasteiger partial charge in [0.1, 0.15) is 4.88 Å². The van der Waals surface area contributed by atoms with E-state index in [0.717, 1.165) is 49.9 Å². The van der Waals surface area contributed by atoms with Gasteiger partial charge in [-0.1, -0.05) is 74.1 Å². The summed E-state index contributed by atoms with van der Waals surface area (Å²) in [6, 6.07) is 13.7. The molecule has 1 fully saturated rings. The van der Waals surface area contributed by atoms with E-state index in [0.29, 0.717) is 17.8 Å². The number of aliphatic hydroxyl groups is 1. The van der Waals surface area contributed by atoms with E-state index in [4.69, 9.17) is 5.11 Å². The van der Waals surface area contributed by atoms with Crippen LogP contribution in [0.15, 0.2) is 54.6 Å². The number of carbonyl (C=O) groups excluding carboxylic acids is 1. The standard InChI is InChI=1S/C28H33NO4S/c1-21(9-4-2-5-10-22-11-6-3-7-12-22)25(30)17-14-23-15-19-27(31)29(23)20-8-13-24-16-18-26(34-24)28(32)33/h3,6-7,11-12,14,16-18,21,23,25,30H,2,4-5,9-10,15,19-20H2,1H3,(H,32,33)/t21-,23-,25-/m0/s1. The highest BCUT2D eigenvalue weighted by atomic mass is 32.1. The zero-order valence-corrected chi connectivity index (χ0v) is 20.5. The summed E-state index contributed by atoms with van der Waals surface area (Å²) in [5, 5.41) is 19.6. The minimum absolute atomic E-state index is 0.0577. The molecule has 1 saturated heterocycles. The molecular weight excluding hydrogens is 446 g/mol. The van der Waals surface area contributed by atoms with E-state index in [9.17, 15) is 14.7 Å². The van der Waals surface area contributed by atoms with Crippen molar-refractivity contribution in [3.63, 3.8) is 0 Å². The fourth-order valence-corrected chi connectivity index (χ4v) is 4.83. The second-order valence-corrected chi connectivity index (χ2v) is 9.92. The van der Waals surface area contributed by atoms with Crippen LogP contribution in [0.5, 0.6) is 0 Å². The predicted octanol–water partition coefficient (Wildman–Crippen LogP) is 5.15. The van der Waals surface area contributed by atoms with Crippen LogP contribution in [-0.4, -0.2) is 45.7 Å². The minimum Gasteiger partial charge on any atom is -0.477 e. The first-order valence-corrected chi connectivity index (χ1v) is 12.8. The number of carboxylic acid groups (broad SMARTS) is 1. The second-order valence-electron chi connectivity index (χ2n) is 8.84. The Morgan fingerprint density at radius 2 is 2.00 bits per heavy atom. The Hall–Kier alpha value is -2.88. The number of unbranched alkanes of at least 4 members (excludes halogenated alkanes) is 2. The number of benzene rings is 1. The second kappa shape index (κ2) is 13.1. The Kier molecular flexibility index (Phi) is 9.93. The van der Waals surface area contributed by atoms with Gasteiger partial charge in [-0.15, -0.1) is 11.3 Å². The lowest BCUT2D eigenvalue weighted by Crippen LogP contribution is -2.32. The van der Waals surface area contributed by atoms with Gasteiger partial charge >= 0.3 is 5.97 Å². The van der Waals surface area contributed by atoms with Gasteiger partial charge in [-0.05, 0) is 49.3 Å². The van der Waals surface area contributed by atoms with Gasteiger partial charge in [0.05, 0.1) is 23.6 Å². The van der Waals surface area contributed by atoms with Crippen molar-refractivity contribution >= 4 is 23.2 Å². The molecule has 0 saturated carbocycles. The number of rotatable bonds is 11. The van der Waals surface area contributed by atoms with Crippen molar-refractivity contribution in [2.24, 2.45) is 5.92 Å². The summed E-state index contributed by atoms with van der Waals surface area (Å²) in [6.07, 6.45) is 9.91. The van der Waals surface area contributed by atoms with Crippen LogP contribution in [0.25, 0.3) is 0 Å². The summed E-state index contributed by atoms with van der Waals surface area (Å²) in [6.45, 7) is 2.36. The quantitative estimate of drug-likeness (QED) is 0.266. The van der Waals surface area contributed by atoms with Crippen LogP contribution >= 0.6 is 11.3 Å². The molecule has 0 aliphatic carbocycles. The van der Waals surface area contributed by atoms with E-state index in [1.54, 1.807) is 11.0 Å². The molecule has 1 aliphatic rings. The van der Waals surface area contributed by atoms with Crippen molar-refractivity contribution in [3.05, 3.63) is 69.9 Å². The maximum atomic E-state index is 12.3. The van der Waals surface area contributed by atoms with Crippen LogP contribution in [0.3, 0.4) is 0 Å². The maximum Gasteiger partial charge on any atom is 0.345 e. The normalized spacial score (nSPS) is 17.5. The highest BCUT2D eigenvalue weighted by Gasteiger charge is 2.28. The first-order valence-electron chi connectivity index (χ1n) is 12.0. The number of amides is 1. The van der Waals surface area contributed by atoms with Crippen LogP contribution in [-0.2, 0) is 11.2 Å². The van der Waals surface area contributed by atoms with E-state index in [2.05, 4.69) is 43.0 Å². The minimum atomic E-state index is -0.960. The summed E-state index contributed by atoms with van der Waals surface area (Å²) < 4.78 is 0. The third-order valence-electron chi connectivity index (χ3n) is 6.23. The fourth-order valence-electron chi connectivity index (χ4n) is 4.11. The molecule has 1 aromatic carbocycles. The molecule has 1 amide bonds. The monoisotopic (exact) mass is 479 g/mol. The highest BCUT2D eigenvalue weighted by Crippen LogP contribution is 2.21. The summed E-state index contributed by atoms with van der Waals surface area (Å²) in [5.41, 5.74) is 1.37. The van der Waals surface area contributed by atoms with E-state index < -0.39 is 12.1 Å². The molecule has 0 spiro atoms. The number of hydrogen-bond donors (Lipinski definition) is 2.